The minimum absolute atomic E-state index is 0.0352. The van der Waals surface area contributed by atoms with Crippen molar-refractivity contribution in [3.63, 3.8) is 0 Å². The number of rotatable bonds is 10. The summed E-state index contributed by atoms with van der Waals surface area (Å²) in [4.78, 5) is 47.0. The predicted molar refractivity (Wildman–Crippen MR) is 139 cm³/mol. The van der Waals surface area contributed by atoms with E-state index in [1.165, 1.54) is 37.5 Å². The van der Waals surface area contributed by atoms with E-state index in [1.807, 2.05) is 36.4 Å². The predicted octanol–water partition coefficient (Wildman–Crippen LogP) is 5.37. The minimum atomic E-state index is -0.750. The maximum atomic E-state index is 12.5. The molecule has 7 heteroatoms. The molecule has 0 fully saturated rings. The normalized spacial score (nSPS) is 10.4. The zero-order valence-corrected chi connectivity index (χ0v) is 20.1. The van der Waals surface area contributed by atoms with Gasteiger partial charge in [-0.3, -0.25) is 9.59 Å². The number of benzene rings is 3. The van der Waals surface area contributed by atoms with Crippen LogP contribution >= 0.6 is 0 Å². The second-order valence-corrected chi connectivity index (χ2v) is 7.74. The van der Waals surface area contributed by atoms with E-state index >= 15 is 0 Å². The molecule has 7 nitrogen and oxygen atoms in total. The number of carbonyl (C=O) groups is 4. The summed E-state index contributed by atoms with van der Waals surface area (Å²) in [5.74, 6) is -1.43. The molecule has 0 unspecified atom stereocenters. The molecule has 0 aliphatic heterocycles. The lowest BCUT2D eigenvalue weighted by Crippen LogP contribution is -2.14. The van der Waals surface area contributed by atoms with Crippen LogP contribution in [0, 0.1) is 0 Å². The molecule has 0 heterocycles. The molecule has 0 radical (unpaired) electrons. The van der Waals surface area contributed by atoms with Crippen molar-refractivity contribution in [2.45, 2.75) is 6.42 Å². The fraction of sp³-hybridized carbons (Fsp3) is 0.0667. The van der Waals surface area contributed by atoms with Gasteiger partial charge in [0, 0.05) is 17.2 Å². The Morgan fingerprint density at radius 1 is 0.784 bits per heavy atom. The highest BCUT2D eigenvalue weighted by Crippen LogP contribution is 2.23. The Labute approximate surface area is 214 Å². The number of ketones is 1. The average Bonchev–Trinajstić information content (AvgIpc) is 2.92. The third kappa shape index (κ3) is 7.73. The first-order valence-electron chi connectivity index (χ1n) is 11.1. The van der Waals surface area contributed by atoms with Crippen LogP contribution in [0.5, 0.6) is 11.5 Å². The lowest BCUT2D eigenvalue weighted by Gasteiger charge is -2.06. The van der Waals surface area contributed by atoms with Crippen LogP contribution in [0.1, 0.15) is 22.3 Å². The van der Waals surface area contributed by atoms with Gasteiger partial charge in [-0.15, -0.1) is 0 Å². The number of esters is 3. The summed E-state index contributed by atoms with van der Waals surface area (Å²) in [5.41, 5.74) is 3.12. The molecular formula is C30H24O7. The van der Waals surface area contributed by atoms with E-state index in [1.54, 1.807) is 18.2 Å². The minimum Gasteiger partial charge on any atom is -0.469 e. The lowest BCUT2D eigenvalue weighted by atomic mass is 10.0. The van der Waals surface area contributed by atoms with Crippen molar-refractivity contribution in [1.82, 2.24) is 0 Å². The van der Waals surface area contributed by atoms with E-state index in [9.17, 15) is 19.2 Å². The number of methoxy groups -OCH3 is 1. The molecule has 0 amide bonds. The number of ether oxygens (including phenoxy) is 3. The van der Waals surface area contributed by atoms with Gasteiger partial charge < -0.3 is 14.2 Å². The van der Waals surface area contributed by atoms with Crippen LogP contribution in [-0.2, 0) is 19.1 Å². The Morgan fingerprint density at radius 2 is 1.32 bits per heavy atom. The molecule has 3 aromatic rings. The summed E-state index contributed by atoms with van der Waals surface area (Å²) in [5, 5.41) is 0. The Balaban J connectivity index is 1.57. The second-order valence-electron chi connectivity index (χ2n) is 7.74. The molecule has 0 spiro atoms. The standard InChI is InChI=1S/C30H24O7/c1-4-28(32)36-25-14-10-23(11-15-25)22-8-5-21(6-9-22)7-18-27(31)24-12-16-26(17-13-24)37-30(34)20(2)19-29(33)35-3/h4-18H,1-2,19H2,3H3/b18-7+. The summed E-state index contributed by atoms with van der Waals surface area (Å²) < 4.78 is 14.7. The van der Waals surface area contributed by atoms with Crippen molar-refractivity contribution >= 4 is 29.8 Å². The van der Waals surface area contributed by atoms with Crippen LogP contribution in [0.3, 0.4) is 0 Å². The first kappa shape index (κ1) is 26.6. The van der Waals surface area contributed by atoms with E-state index in [-0.39, 0.29) is 23.5 Å². The third-order valence-electron chi connectivity index (χ3n) is 5.13. The summed E-state index contributed by atoms with van der Waals surface area (Å²) in [6.45, 7) is 6.89. The highest BCUT2D eigenvalue weighted by molar-refractivity contribution is 6.07. The monoisotopic (exact) mass is 496 g/mol. The summed E-state index contributed by atoms with van der Waals surface area (Å²) in [7, 11) is 1.22. The molecule has 0 saturated heterocycles. The maximum Gasteiger partial charge on any atom is 0.339 e. The highest BCUT2D eigenvalue weighted by Gasteiger charge is 2.14. The number of hydrogen-bond acceptors (Lipinski definition) is 7. The molecule has 0 atom stereocenters. The molecule has 0 aromatic heterocycles. The van der Waals surface area contributed by atoms with Crippen LogP contribution in [0.2, 0.25) is 0 Å². The van der Waals surface area contributed by atoms with Gasteiger partial charge in [0.25, 0.3) is 0 Å². The molecule has 0 N–H and O–H groups in total. The van der Waals surface area contributed by atoms with Gasteiger partial charge in [0.1, 0.15) is 11.5 Å². The molecule has 3 aromatic carbocycles. The van der Waals surface area contributed by atoms with Gasteiger partial charge in [-0.2, -0.15) is 0 Å². The van der Waals surface area contributed by atoms with E-state index in [0.717, 1.165) is 22.8 Å². The van der Waals surface area contributed by atoms with Gasteiger partial charge in [0.05, 0.1) is 13.5 Å². The van der Waals surface area contributed by atoms with Gasteiger partial charge in [0.2, 0.25) is 0 Å². The number of allylic oxidation sites excluding steroid dienone is 1. The third-order valence-corrected chi connectivity index (χ3v) is 5.13. The van der Waals surface area contributed by atoms with Crippen LogP contribution in [-0.4, -0.2) is 30.8 Å². The van der Waals surface area contributed by atoms with Gasteiger partial charge in [-0.25, -0.2) is 9.59 Å². The Kier molecular flexibility index (Phi) is 9.05. The van der Waals surface area contributed by atoms with E-state index in [0.29, 0.717) is 11.3 Å². The van der Waals surface area contributed by atoms with Gasteiger partial charge in [-0.05, 0) is 59.2 Å². The fourth-order valence-corrected chi connectivity index (χ4v) is 3.11. The molecular weight excluding hydrogens is 472 g/mol. The molecule has 186 valence electrons. The van der Waals surface area contributed by atoms with E-state index < -0.39 is 17.9 Å². The van der Waals surface area contributed by atoms with Crippen molar-refractivity contribution in [3.8, 4) is 22.6 Å². The Morgan fingerprint density at radius 3 is 1.89 bits per heavy atom. The highest BCUT2D eigenvalue weighted by atomic mass is 16.5. The van der Waals surface area contributed by atoms with Gasteiger partial charge in [-0.1, -0.05) is 55.6 Å². The van der Waals surface area contributed by atoms with Crippen molar-refractivity contribution in [3.05, 3.63) is 115 Å². The molecule has 0 aliphatic carbocycles. The van der Waals surface area contributed by atoms with Crippen LogP contribution in [0.25, 0.3) is 17.2 Å². The zero-order chi connectivity index (χ0) is 26.8. The topological polar surface area (TPSA) is 96.0 Å². The number of carbonyl (C=O) groups excluding carboxylic acids is 4. The van der Waals surface area contributed by atoms with Crippen molar-refractivity contribution < 1.29 is 33.4 Å². The van der Waals surface area contributed by atoms with E-state index in [2.05, 4.69) is 17.9 Å². The Hall–Kier alpha value is -5.04. The van der Waals surface area contributed by atoms with E-state index in [4.69, 9.17) is 9.47 Å². The van der Waals surface area contributed by atoms with Crippen LogP contribution < -0.4 is 9.47 Å². The van der Waals surface area contributed by atoms with Crippen molar-refractivity contribution in [2.75, 3.05) is 7.11 Å². The molecule has 0 aliphatic rings. The number of hydrogen-bond donors (Lipinski definition) is 0. The fourth-order valence-electron chi connectivity index (χ4n) is 3.11. The Bertz CT molecular complexity index is 1350. The first-order valence-corrected chi connectivity index (χ1v) is 11.1. The summed E-state index contributed by atoms with van der Waals surface area (Å²) >= 11 is 0. The molecule has 3 rings (SSSR count). The maximum absolute atomic E-state index is 12.5. The SMILES string of the molecule is C=CC(=O)Oc1ccc(-c2ccc(/C=C/C(=O)c3ccc(OC(=O)C(=C)CC(=O)OC)cc3)cc2)cc1. The second kappa shape index (κ2) is 12.6. The quantitative estimate of drug-likeness (QED) is 0.161. The molecule has 0 bridgehead atoms. The van der Waals surface area contributed by atoms with Crippen molar-refractivity contribution in [2.24, 2.45) is 0 Å². The smallest absolute Gasteiger partial charge is 0.339 e. The molecule has 37 heavy (non-hydrogen) atoms. The van der Waals surface area contributed by atoms with Crippen molar-refractivity contribution in [1.29, 1.82) is 0 Å². The van der Waals surface area contributed by atoms with Gasteiger partial charge >= 0.3 is 17.9 Å². The lowest BCUT2D eigenvalue weighted by molar-refractivity contribution is -0.141. The summed E-state index contributed by atoms with van der Waals surface area (Å²) in [6, 6.07) is 20.8. The summed E-state index contributed by atoms with van der Waals surface area (Å²) in [6.07, 6.45) is 3.99. The largest absolute Gasteiger partial charge is 0.469 e. The average molecular weight is 497 g/mol. The van der Waals surface area contributed by atoms with Crippen LogP contribution in [0.15, 0.2) is 104 Å². The zero-order valence-electron chi connectivity index (χ0n) is 20.1. The first-order chi connectivity index (χ1) is 17.8. The van der Waals surface area contributed by atoms with Gasteiger partial charge in [0.15, 0.2) is 5.78 Å². The van der Waals surface area contributed by atoms with Crippen LogP contribution in [0.4, 0.5) is 0 Å². The molecule has 0 saturated carbocycles.